The monoisotopic (exact) mass is 440 g/mol. The number of aromatic nitrogens is 2. The molecule has 1 N–H and O–H groups in total. The van der Waals surface area contributed by atoms with Crippen LogP contribution in [0.3, 0.4) is 0 Å². The van der Waals surface area contributed by atoms with Crippen LogP contribution in [-0.2, 0) is 11.2 Å². The van der Waals surface area contributed by atoms with Crippen LogP contribution in [0.1, 0.15) is 36.3 Å². The minimum atomic E-state index is -5.02. The fourth-order valence-electron chi connectivity index (χ4n) is 3.82. The highest BCUT2D eigenvalue weighted by Crippen LogP contribution is 2.33. The lowest BCUT2D eigenvalue weighted by Crippen LogP contribution is -2.54. The Labute approximate surface area is 177 Å². The second kappa shape index (κ2) is 9.07. The summed E-state index contributed by atoms with van der Waals surface area (Å²) in [5.41, 5.74) is 1.32. The predicted molar refractivity (Wildman–Crippen MR) is 107 cm³/mol. The van der Waals surface area contributed by atoms with E-state index < -0.39 is 29.9 Å². The average Bonchev–Trinajstić information content (AvgIpc) is 2.72. The summed E-state index contributed by atoms with van der Waals surface area (Å²) in [6.07, 6.45) is -3.93. The molecular formula is C21H24F4N4O2. The number of aryl methyl sites for hydroxylation is 2. The third-order valence-corrected chi connectivity index (χ3v) is 5.35. The SMILES string of the molecule is CCc1cc(N2CCC(c3ccc(OC)c(F)c3)C(NC(=O)C(F)(F)F)C2)nc(C)n1. The molecule has 6 nitrogen and oxygen atoms in total. The van der Waals surface area contributed by atoms with Gasteiger partial charge in [-0.1, -0.05) is 13.0 Å². The Balaban J connectivity index is 1.91. The number of piperidine rings is 1. The summed E-state index contributed by atoms with van der Waals surface area (Å²) in [6.45, 7) is 4.27. The Hall–Kier alpha value is -2.91. The molecule has 1 saturated heterocycles. The molecule has 0 aliphatic carbocycles. The number of carbonyl (C=O) groups is 1. The van der Waals surface area contributed by atoms with Crippen LogP contribution < -0.4 is 15.0 Å². The number of anilines is 1. The molecule has 1 aliphatic rings. The van der Waals surface area contributed by atoms with Gasteiger partial charge in [-0.15, -0.1) is 0 Å². The molecule has 0 spiro atoms. The lowest BCUT2D eigenvalue weighted by molar-refractivity contribution is -0.174. The minimum Gasteiger partial charge on any atom is -0.494 e. The van der Waals surface area contributed by atoms with E-state index >= 15 is 0 Å². The fourth-order valence-corrected chi connectivity index (χ4v) is 3.82. The highest BCUT2D eigenvalue weighted by molar-refractivity contribution is 5.82. The number of benzene rings is 1. The van der Waals surface area contributed by atoms with Crippen molar-refractivity contribution in [2.75, 3.05) is 25.1 Å². The molecule has 31 heavy (non-hydrogen) atoms. The van der Waals surface area contributed by atoms with Crippen LogP contribution >= 0.6 is 0 Å². The lowest BCUT2D eigenvalue weighted by Gasteiger charge is -2.40. The molecule has 0 bridgehead atoms. The molecule has 2 aromatic rings. The third-order valence-electron chi connectivity index (χ3n) is 5.35. The summed E-state index contributed by atoms with van der Waals surface area (Å²) in [6, 6.07) is 5.19. The first kappa shape index (κ1) is 22.8. The van der Waals surface area contributed by atoms with Gasteiger partial charge in [-0.05, 0) is 37.5 Å². The van der Waals surface area contributed by atoms with Gasteiger partial charge in [-0.25, -0.2) is 14.4 Å². The van der Waals surface area contributed by atoms with Gasteiger partial charge in [0, 0.05) is 30.8 Å². The first-order valence-corrected chi connectivity index (χ1v) is 9.93. The summed E-state index contributed by atoms with van der Waals surface area (Å²) in [5, 5.41) is 2.10. The van der Waals surface area contributed by atoms with E-state index in [2.05, 4.69) is 15.3 Å². The Morgan fingerprint density at radius 1 is 1.29 bits per heavy atom. The summed E-state index contributed by atoms with van der Waals surface area (Å²) >= 11 is 0. The second-order valence-corrected chi connectivity index (χ2v) is 7.43. The van der Waals surface area contributed by atoms with Crippen LogP contribution in [0.4, 0.5) is 23.4 Å². The number of rotatable bonds is 5. The maximum absolute atomic E-state index is 14.2. The number of hydrogen-bond acceptors (Lipinski definition) is 5. The smallest absolute Gasteiger partial charge is 0.471 e. The van der Waals surface area contributed by atoms with E-state index in [0.717, 1.165) is 5.69 Å². The average molecular weight is 440 g/mol. The molecule has 2 atom stereocenters. The van der Waals surface area contributed by atoms with Crippen LogP contribution in [0.2, 0.25) is 0 Å². The molecule has 0 radical (unpaired) electrons. The number of methoxy groups -OCH3 is 1. The van der Waals surface area contributed by atoms with Gasteiger partial charge < -0.3 is 15.0 Å². The molecular weight excluding hydrogens is 416 g/mol. The van der Waals surface area contributed by atoms with Gasteiger partial charge in [0.1, 0.15) is 11.6 Å². The van der Waals surface area contributed by atoms with Gasteiger partial charge in [-0.2, -0.15) is 13.2 Å². The zero-order chi connectivity index (χ0) is 22.8. The van der Waals surface area contributed by atoms with Crippen LogP contribution in [0.5, 0.6) is 5.75 Å². The largest absolute Gasteiger partial charge is 0.494 e. The molecule has 168 valence electrons. The number of halogens is 4. The van der Waals surface area contributed by atoms with Crippen LogP contribution in [0, 0.1) is 12.7 Å². The van der Waals surface area contributed by atoms with Crippen LogP contribution in [0.25, 0.3) is 0 Å². The van der Waals surface area contributed by atoms with Crippen molar-refractivity contribution in [1.82, 2.24) is 15.3 Å². The number of ether oxygens (including phenoxy) is 1. The van der Waals surface area contributed by atoms with Crippen LogP contribution in [-0.4, -0.2) is 48.3 Å². The highest BCUT2D eigenvalue weighted by atomic mass is 19.4. The number of hydrogen-bond donors (Lipinski definition) is 1. The quantitative estimate of drug-likeness (QED) is 0.721. The van der Waals surface area contributed by atoms with E-state index in [-0.39, 0.29) is 12.3 Å². The standard InChI is InChI=1S/C21H24F4N4O2/c1-4-14-10-19(27-12(2)26-14)29-8-7-15(13-5-6-18(31-3)16(22)9-13)17(11-29)28-20(30)21(23,24)25/h5-6,9-10,15,17H,4,7-8,11H2,1-3H3,(H,28,30). The number of nitrogens with one attached hydrogen (secondary N) is 1. The molecule has 1 amide bonds. The maximum atomic E-state index is 14.2. The Morgan fingerprint density at radius 2 is 2.03 bits per heavy atom. The van der Waals surface area contributed by atoms with E-state index in [9.17, 15) is 22.4 Å². The van der Waals surface area contributed by atoms with Gasteiger partial charge >= 0.3 is 12.1 Å². The number of carbonyl (C=O) groups excluding carboxylic acids is 1. The van der Waals surface area contributed by atoms with E-state index in [1.807, 2.05) is 11.8 Å². The number of amides is 1. The van der Waals surface area contributed by atoms with E-state index in [4.69, 9.17) is 4.74 Å². The normalized spacial score (nSPS) is 19.3. The maximum Gasteiger partial charge on any atom is 0.471 e. The van der Waals surface area contributed by atoms with Crippen molar-refractivity contribution in [1.29, 1.82) is 0 Å². The zero-order valence-corrected chi connectivity index (χ0v) is 17.5. The highest BCUT2D eigenvalue weighted by Gasteiger charge is 2.42. The molecule has 2 unspecified atom stereocenters. The Morgan fingerprint density at radius 3 is 2.65 bits per heavy atom. The summed E-state index contributed by atoms with van der Waals surface area (Å²) in [5.74, 6) is -1.94. The summed E-state index contributed by atoms with van der Waals surface area (Å²) in [4.78, 5) is 22.3. The fraction of sp³-hybridized carbons (Fsp3) is 0.476. The van der Waals surface area contributed by atoms with Crippen molar-refractivity contribution in [3.05, 3.63) is 47.2 Å². The van der Waals surface area contributed by atoms with Crippen LogP contribution in [0.15, 0.2) is 24.3 Å². The van der Waals surface area contributed by atoms with Gasteiger partial charge in [0.15, 0.2) is 11.6 Å². The van der Waals surface area contributed by atoms with Crippen molar-refractivity contribution in [2.45, 2.75) is 44.8 Å². The third kappa shape index (κ3) is 5.23. The first-order chi connectivity index (χ1) is 14.6. The van der Waals surface area contributed by atoms with E-state index in [1.165, 1.54) is 19.2 Å². The van der Waals surface area contributed by atoms with Crippen molar-refractivity contribution >= 4 is 11.7 Å². The van der Waals surface area contributed by atoms with E-state index in [1.54, 1.807) is 19.1 Å². The second-order valence-electron chi connectivity index (χ2n) is 7.43. The molecule has 1 aromatic carbocycles. The predicted octanol–water partition coefficient (Wildman–Crippen LogP) is 3.54. The summed E-state index contributed by atoms with van der Waals surface area (Å²) in [7, 11) is 1.33. The van der Waals surface area contributed by atoms with Gasteiger partial charge in [0.2, 0.25) is 0 Å². The zero-order valence-electron chi connectivity index (χ0n) is 17.5. The van der Waals surface area contributed by atoms with Gasteiger partial charge in [0.05, 0.1) is 13.2 Å². The Bertz CT molecular complexity index is 951. The molecule has 0 saturated carbocycles. The van der Waals surface area contributed by atoms with Crippen molar-refractivity contribution in [3.8, 4) is 5.75 Å². The van der Waals surface area contributed by atoms with Crippen molar-refractivity contribution in [2.24, 2.45) is 0 Å². The van der Waals surface area contributed by atoms with Gasteiger partial charge in [-0.3, -0.25) is 4.79 Å². The molecule has 10 heteroatoms. The first-order valence-electron chi connectivity index (χ1n) is 9.93. The molecule has 1 aromatic heterocycles. The molecule has 3 rings (SSSR count). The molecule has 1 fully saturated rings. The summed E-state index contributed by atoms with van der Waals surface area (Å²) < 4.78 is 58.0. The number of nitrogens with zero attached hydrogens (tertiary/aromatic N) is 3. The molecule has 2 heterocycles. The van der Waals surface area contributed by atoms with Gasteiger partial charge in [0.25, 0.3) is 0 Å². The topological polar surface area (TPSA) is 67.3 Å². The lowest BCUT2D eigenvalue weighted by atomic mass is 9.85. The minimum absolute atomic E-state index is 0.0422. The Kier molecular flexibility index (Phi) is 6.66. The number of alkyl halides is 3. The molecule has 1 aliphatic heterocycles. The van der Waals surface area contributed by atoms with E-state index in [0.29, 0.717) is 36.6 Å². The van der Waals surface area contributed by atoms with Crippen molar-refractivity contribution in [3.63, 3.8) is 0 Å². The van der Waals surface area contributed by atoms with Crippen molar-refractivity contribution < 1.29 is 27.1 Å².